The van der Waals surface area contributed by atoms with Gasteiger partial charge < -0.3 is 19.8 Å². The molecule has 0 unspecified atom stereocenters. The first-order chi connectivity index (χ1) is 15.8. The summed E-state index contributed by atoms with van der Waals surface area (Å²) in [5, 5.41) is 0.826. The van der Waals surface area contributed by atoms with Gasteiger partial charge in [-0.15, -0.1) is 0 Å². The molecule has 2 aromatic rings. The van der Waals surface area contributed by atoms with Gasteiger partial charge in [0.25, 0.3) is 5.56 Å². The van der Waals surface area contributed by atoms with Gasteiger partial charge in [-0.2, -0.15) is 0 Å². The van der Waals surface area contributed by atoms with Gasteiger partial charge in [-0.25, -0.2) is 0 Å². The van der Waals surface area contributed by atoms with Crippen LogP contribution in [0.2, 0.25) is 0 Å². The predicted molar refractivity (Wildman–Crippen MR) is 140 cm³/mol. The average Bonchev–Trinajstić information content (AvgIpc) is 2.78. The van der Waals surface area contributed by atoms with Gasteiger partial charge in [0.1, 0.15) is 6.61 Å². The minimum Gasteiger partial charge on any atom is -0.481 e. The molecule has 0 spiro atoms. The Bertz CT molecular complexity index is 1090. The highest BCUT2D eigenvalue weighted by Gasteiger charge is 2.20. The molecule has 1 aromatic heterocycles. The largest absolute Gasteiger partial charge is 0.481 e. The summed E-state index contributed by atoms with van der Waals surface area (Å²) >= 11 is 0. The first kappa shape index (κ1) is 26.3. The SMILES string of the molecule is CC=C(CC)Oc1c(OC/C=C(\C)CCC=C(C)C)c(=O)n(CCCC)c2cc(N)ccc12. The van der Waals surface area contributed by atoms with E-state index >= 15 is 0 Å². The fraction of sp³-hybridized carbons (Fsp3) is 0.464. The van der Waals surface area contributed by atoms with Crippen molar-refractivity contribution in [3.8, 4) is 11.5 Å². The highest BCUT2D eigenvalue weighted by Crippen LogP contribution is 2.35. The number of nitrogens with zero attached hydrogens (tertiary/aromatic N) is 1. The highest BCUT2D eigenvalue weighted by molar-refractivity contribution is 5.90. The lowest BCUT2D eigenvalue weighted by atomic mass is 10.1. The summed E-state index contributed by atoms with van der Waals surface area (Å²) in [4.78, 5) is 13.6. The van der Waals surface area contributed by atoms with Crippen molar-refractivity contribution in [3.05, 3.63) is 63.7 Å². The smallest absolute Gasteiger partial charge is 0.297 e. The number of unbranched alkanes of at least 4 members (excludes halogenated alkanes) is 1. The second kappa shape index (κ2) is 12.9. The fourth-order valence-corrected chi connectivity index (χ4v) is 3.61. The number of hydrogen-bond donors (Lipinski definition) is 1. The van der Waals surface area contributed by atoms with Crippen molar-refractivity contribution in [1.29, 1.82) is 0 Å². The summed E-state index contributed by atoms with van der Waals surface area (Å²) in [5.74, 6) is 1.51. The fourth-order valence-electron chi connectivity index (χ4n) is 3.61. The quantitative estimate of drug-likeness (QED) is 0.211. The Kier molecular flexibility index (Phi) is 10.3. The zero-order chi connectivity index (χ0) is 24.4. The zero-order valence-corrected chi connectivity index (χ0v) is 21.2. The summed E-state index contributed by atoms with van der Waals surface area (Å²) in [7, 11) is 0. The molecule has 0 radical (unpaired) electrons. The maximum atomic E-state index is 13.6. The standard InChI is InChI=1S/C28H40N2O3/c1-7-10-17-30-25-19-22(29)14-15-24(25)26(33-23(8-2)9-3)27(28(30)31)32-18-16-21(6)13-11-12-20(4)5/h8,12,14-16,19H,7,9-11,13,17-18,29H2,1-6H3/b21-16+,23-8?. The average molecular weight is 453 g/mol. The molecule has 0 fully saturated rings. The van der Waals surface area contributed by atoms with Gasteiger partial charge in [0.05, 0.1) is 11.3 Å². The lowest BCUT2D eigenvalue weighted by Gasteiger charge is -2.19. The summed E-state index contributed by atoms with van der Waals surface area (Å²) < 4.78 is 14.1. The van der Waals surface area contributed by atoms with E-state index in [0.717, 1.165) is 42.3 Å². The van der Waals surface area contributed by atoms with Crippen molar-refractivity contribution >= 4 is 16.6 Å². The van der Waals surface area contributed by atoms with Crippen LogP contribution in [0.4, 0.5) is 5.69 Å². The number of allylic oxidation sites excluding steroid dienone is 5. The van der Waals surface area contributed by atoms with Crippen LogP contribution in [0.1, 0.15) is 73.6 Å². The monoisotopic (exact) mass is 452 g/mol. The predicted octanol–water partition coefficient (Wildman–Crippen LogP) is 7.15. The molecule has 2 rings (SSSR count). The second-order valence-electron chi connectivity index (χ2n) is 8.64. The van der Waals surface area contributed by atoms with Gasteiger partial charge in [-0.3, -0.25) is 4.79 Å². The van der Waals surface area contributed by atoms with Crippen LogP contribution in [0.15, 0.2) is 58.1 Å². The number of nitrogens with two attached hydrogens (primary N) is 1. The Balaban J connectivity index is 2.53. The number of ether oxygens (including phenoxy) is 2. The third kappa shape index (κ3) is 7.28. The molecule has 0 aliphatic carbocycles. The molecule has 33 heavy (non-hydrogen) atoms. The van der Waals surface area contributed by atoms with Crippen molar-refractivity contribution in [2.24, 2.45) is 0 Å². The van der Waals surface area contributed by atoms with Crippen LogP contribution < -0.4 is 20.8 Å². The van der Waals surface area contributed by atoms with Crippen LogP contribution in [0.25, 0.3) is 10.9 Å². The molecular weight excluding hydrogens is 412 g/mol. The van der Waals surface area contributed by atoms with E-state index < -0.39 is 0 Å². The number of hydrogen-bond acceptors (Lipinski definition) is 4. The van der Waals surface area contributed by atoms with Crippen LogP contribution in [0.5, 0.6) is 11.5 Å². The number of anilines is 1. The first-order valence-corrected chi connectivity index (χ1v) is 12.0. The number of nitrogen functional groups attached to an aromatic ring is 1. The molecule has 5 nitrogen and oxygen atoms in total. The molecule has 0 aliphatic rings. The Morgan fingerprint density at radius 3 is 2.52 bits per heavy atom. The van der Waals surface area contributed by atoms with Gasteiger partial charge in [0.2, 0.25) is 5.75 Å². The third-order valence-corrected chi connectivity index (χ3v) is 5.59. The van der Waals surface area contributed by atoms with Crippen molar-refractivity contribution in [3.63, 3.8) is 0 Å². The Morgan fingerprint density at radius 2 is 1.88 bits per heavy atom. The first-order valence-electron chi connectivity index (χ1n) is 12.0. The Hall–Kier alpha value is -2.95. The van der Waals surface area contributed by atoms with E-state index in [9.17, 15) is 4.79 Å². The van der Waals surface area contributed by atoms with E-state index in [1.807, 2.05) is 44.2 Å². The van der Waals surface area contributed by atoms with Crippen LogP contribution in [0.3, 0.4) is 0 Å². The third-order valence-electron chi connectivity index (χ3n) is 5.59. The van der Waals surface area contributed by atoms with Gasteiger partial charge in [-0.1, -0.05) is 37.5 Å². The lowest BCUT2D eigenvalue weighted by molar-refractivity contribution is 0.320. The number of aromatic nitrogens is 1. The molecule has 2 N–H and O–H groups in total. The lowest BCUT2D eigenvalue weighted by Crippen LogP contribution is -2.24. The molecule has 0 bridgehead atoms. The van der Waals surface area contributed by atoms with Crippen molar-refractivity contribution in [2.45, 2.75) is 80.2 Å². The molecule has 180 valence electrons. The molecule has 0 atom stereocenters. The minimum atomic E-state index is -0.182. The summed E-state index contributed by atoms with van der Waals surface area (Å²) in [6.45, 7) is 13.3. The van der Waals surface area contributed by atoms with Gasteiger partial charge in [0, 0.05) is 24.0 Å². The molecule has 1 heterocycles. The minimum absolute atomic E-state index is 0.182. The topological polar surface area (TPSA) is 66.5 Å². The zero-order valence-electron chi connectivity index (χ0n) is 21.2. The number of benzene rings is 1. The van der Waals surface area contributed by atoms with Gasteiger partial charge in [0.15, 0.2) is 5.75 Å². The molecule has 5 heteroatoms. The van der Waals surface area contributed by atoms with Crippen molar-refractivity contribution < 1.29 is 9.47 Å². The summed E-state index contributed by atoms with van der Waals surface area (Å²) in [5.41, 5.74) is 9.84. The number of aryl methyl sites for hydroxylation is 1. The van der Waals surface area contributed by atoms with Crippen LogP contribution in [-0.4, -0.2) is 11.2 Å². The number of fused-ring (bicyclic) bond motifs is 1. The molecule has 1 aromatic carbocycles. The van der Waals surface area contributed by atoms with E-state index in [-0.39, 0.29) is 11.3 Å². The van der Waals surface area contributed by atoms with E-state index in [1.54, 1.807) is 4.57 Å². The molecular formula is C28H40N2O3. The van der Waals surface area contributed by atoms with Gasteiger partial charge >= 0.3 is 0 Å². The van der Waals surface area contributed by atoms with Crippen LogP contribution in [-0.2, 0) is 6.54 Å². The van der Waals surface area contributed by atoms with Gasteiger partial charge in [-0.05, 0) is 77.3 Å². The van der Waals surface area contributed by atoms with Crippen LogP contribution in [0, 0.1) is 0 Å². The summed E-state index contributed by atoms with van der Waals surface area (Å²) in [6, 6.07) is 5.60. The normalized spacial score (nSPS) is 12.2. The molecule has 0 saturated carbocycles. The van der Waals surface area contributed by atoms with Crippen molar-refractivity contribution in [2.75, 3.05) is 12.3 Å². The van der Waals surface area contributed by atoms with E-state index in [2.05, 4.69) is 33.8 Å². The second-order valence-corrected chi connectivity index (χ2v) is 8.64. The maximum Gasteiger partial charge on any atom is 0.297 e. The van der Waals surface area contributed by atoms with Crippen molar-refractivity contribution in [1.82, 2.24) is 4.57 Å². The number of pyridine rings is 1. The maximum absolute atomic E-state index is 13.6. The molecule has 0 aliphatic heterocycles. The Morgan fingerprint density at radius 1 is 1.12 bits per heavy atom. The van der Waals surface area contributed by atoms with E-state index in [1.165, 1.54) is 11.1 Å². The van der Waals surface area contributed by atoms with E-state index in [4.69, 9.17) is 15.2 Å². The van der Waals surface area contributed by atoms with E-state index in [0.29, 0.717) is 31.0 Å². The summed E-state index contributed by atoms with van der Waals surface area (Å²) in [6.07, 6.45) is 10.8. The molecule has 0 amide bonds. The van der Waals surface area contributed by atoms with Crippen LogP contribution >= 0.6 is 0 Å². The highest BCUT2D eigenvalue weighted by atomic mass is 16.5. The Labute approximate surface area is 198 Å². The number of rotatable bonds is 12. The molecule has 0 saturated heterocycles.